The zero-order valence-electron chi connectivity index (χ0n) is 36.0. The Morgan fingerprint density at radius 3 is 1.24 bits per heavy atom. The largest absolute Gasteiger partial charge is 0.491 e. The lowest BCUT2D eigenvalue weighted by Crippen LogP contribution is -2.11. The molecule has 8 rings (SSSR count). The molecule has 10 nitrogen and oxygen atoms in total. The molecule has 0 saturated carbocycles. The first kappa shape index (κ1) is 51.3. The number of hydrogen-bond donors (Lipinski definition) is 1. The summed E-state index contributed by atoms with van der Waals surface area (Å²) < 4.78 is 58.6. The van der Waals surface area contributed by atoms with Gasteiger partial charge in [0.15, 0.2) is 0 Å². The Hall–Kier alpha value is -5.71. The molecular formula is C51H51ClN2O8S4. The molecular weight excluding hydrogens is 932 g/mol. The summed E-state index contributed by atoms with van der Waals surface area (Å²) >= 11 is 3.44. The summed E-state index contributed by atoms with van der Waals surface area (Å²) in [6.45, 7) is 4.70. The van der Waals surface area contributed by atoms with Crippen molar-refractivity contribution < 1.29 is 35.6 Å². The van der Waals surface area contributed by atoms with E-state index in [4.69, 9.17) is 24.5 Å². The molecule has 0 spiro atoms. The zero-order chi connectivity index (χ0) is 46.4. The van der Waals surface area contributed by atoms with E-state index in [0.29, 0.717) is 12.4 Å². The normalized spacial score (nSPS) is 11.5. The van der Waals surface area contributed by atoms with Crippen LogP contribution < -0.4 is 9.47 Å². The minimum absolute atomic E-state index is 0. The minimum Gasteiger partial charge on any atom is -0.491 e. The van der Waals surface area contributed by atoms with E-state index < -0.39 is 19.2 Å². The molecule has 66 heavy (non-hydrogen) atoms. The number of nitrogens with zero attached hydrogens (tertiary/aromatic N) is 2. The number of thiazole rings is 2. The van der Waals surface area contributed by atoms with E-state index in [1.807, 2.05) is 54.6 Å². The number of fused-ring (bicyclic) bond motifs is 2. The Bertz CT molecular complexity index is 3090. The summed E-state index contributed by atoms with van der Waals surface area (Å²) in [5.41, 5.74) is 11.2. The first-order valence-electron chi connectivity index (χ1n) is 20.2. The molecule has 2 heterocycles. The van der Waals surface area contributed by atoms with Gasteiger partial charge in [-0.15, -0.1) is 22.7 Å². The quantitative estimate of drug-likeness (QED) is 0.0484. The Balaban J connectivity index is 0.000000223. The molecule has 0 unspecified atom stereocenters. The average molecular weight is 984 g/mol. The molecule has 344 valence electrons. The standard InChI is InChI=1S/C25H23NO4S2.C24H21NO2S.CH3ClO2S.CH4/c1-18-3-14-23-24(17-18)31-25(26-23)21-10-6-19(7-11-21)4-5-20-8-12-22(13-9-20)29-15-16-30-32(2,27)28;1-17-2-13-22-23(16-17)28-24(25-22)20-9-5-18(6-10-20)3-4-19-7-11-21(12-8-19)27-15-14-26;1-5(2,3)4;/h3-14,17H,15-16H2,1-2H3;2-13,16,26H,14-15H2,1H3;1H3;1H4/b5-4+;4-3+;;. The van der Waals surface area contributed by atoms with Crippen molar-refractivity contribution in [2.45, 2.75) is 21.3 Å². The second-order valence-electron chi connectivity index (χ2n) is 14.7. The summed E-state index contributed by atoms with van der Waals surface area (Å²) in [6.07, 6.45) is 10.2. The molecule has 0 aliphatic carbocycles. The number of rotatable bonds is 14. The zero-order valence-corrected chi connectivity index (χ0v) is 40.1. The SMILES string of the molecule is C.CS(=O)(=O)Cl.Cc1ccc2nc(-c3ccc(/C=C/c4ccc(OCCO)cc4)cc3)sc2c1.Cc1ccc2nc(-c3ccc(/C=C/c4ccc(OCCOS(C)(=O)=O)cc4)cc3)sc2c1. The molecule has 8 aromatic rings. The third-order valence-corrected chi connectivity index (χ3v) is 11.8. The lowest BCUT2D eigenvalue weighted by molar-refractivity contribution is 0.201. The predicted octanol–water partition coefficient (Wildman–Crippen LogP) is 12.4. The predicted molar refractivity (Wildman–Crippen MR) is 277 cm³/mol. The second-order valence-corrected chi connectivity index (χ2v) is 21.4. The molecule has 2 aromatic heterocycles. The van der Waals surface area contributed by atoms with Gasteiger partial charge in [0.05, 0.1) is 39.6 Å². The highest BCUT2D eigenvalue weighted by atomic mass is 35.7. The number of benzene rings is 6. The summed E-state index contributed by atoms with van der Waals surface area (Å²) in [4.78, 5) is 9.49. The van der Waals surface area contributed by atoms with Crippen molar-refractivity contribution in [1.82, 2.24) is 9.97 Å². The molecule has 1 N–H and O–H groups in total. The first-order valence-corrected chi connectivity index (χ1v) is 26.4. The number of aryl methyl sites for hydroxylation is 2. The highest BCUT2D eigenvalue weighted by Gasteiger charge is 2.08. The van der Waals surface area contributed by atoms with E-state index >= 15 is 0 Å². The van der Waals surface area contributed by atoms with Gasteiger partial charge in [-0.2, -0.15) is 8.42 Å². The molecule has 0 aliphatic heterocycles. The van der Waals surface area contributed by atoms with Gasteiger partial charge < -0.3 is 14.6 Å². The van der Waals surface area contributed by atoms with Crippen LogP contribution in [0.4, 0.5) is 0 Å². The van der Waals surface area contributed by atoms with Crippen LogP contribution in [0.15, 0.2) is 133 Å². The highest BCUT2D eigenvalue weighted by Crippen LogP contribution is 2.32. The molecule has 6 aromatic carbocycles. The van der Waals surface area contributed by atoms with Crippen LogP contribution in [0.1, 0.15) is 40.8 Å². The van der Waals surface area contributed by atoms with E-state index in [9.17, 15) is 16.8 Å². The second kappa shape index (κ2) is 24.2. The van der Waals surface area contributed by atoms with Crippen LogP contribution in [-0.4, -0.2) is 70.8 Å². The topological polar surface area (TPSA) is 142 Å². The van der Waals surface area contributed by atoms with Gasteiger partial charge in [0.1, 0.15) is 41.3 Å². The van der Waals surface area contributed by atoms with Crippen molar-refractivity contribution in [3.05, 3.63) is 167 Å². The molecule has 0 fully saturated rings. The van der Waals surface area contributed by atoms with Crippen molar-refractivity contribution in [2.24, 2.45) is 0 Å². The van der Waals surface area contributed by atoms with Crippen LogP contribution in [0.5, 0.6) is 11.5 Å². The Morgan fingerprint density at radius 1 is 0.545 bits per heavy atom. The fourth-order valence-corrected chi connectivity index (χ4v) is 8.54. The van der Waals surface area contributed by atoms with Gasteiger partial charge in [-0.05, 0) is 95.8 Å². The number of ether oxygens (including phenoxy) is 2. The first-order chi connectivity index (χ1) is 31.1. The van der Waals surface area contributed by atoms with Gasteiger partial charge in [0.2, 0.25) is 9.05 Å². The maximum Gasteiger partial charge on any atom is 0.264 e. The molecule has 0 saturated heterocycles. The van der Waals surface area contributed by atoms with Crippen molar-refractivity contribution in [3.63, 3.8) is 0 Å². The molecule has 0 bridgehead atoms. The molecule has 15 heteroatoms. The van der Waals surface area contributed by atoms with E-state index in [1.165, 1.54) is 20.5 Å². The van der Waals surface area contributed by atoms with E-state index in [-0.39, 0.29) is 27.2 Å². The summed E-state index contributed by atoms with van der Waals surface area (Å²) in [5, 5.41) is 10.9. The van der Waals surface area contributed by atoms with Crippen molar-refractivity contribution in [3.8, 4) is 32.6 Å². The van der Waals surface area contributed by atoms with Gasteiger partial charge >= 0.3 is 0 Å². The van der Waals surface area contributed by atoms with Gasteiger partial charge in [-0.25, -0.2) is 18.4 Å². The summed E-state index contributed by atoms with van der Waals surface area (Å²) in [7, 11) is -2.13. The number of hydrogen-bond acceptors (Lipinski definition) is 12. The minimum atomic E-state index is -3.44. The van der Waals surface area contributed by atoms with Crippen LogP contribution in [-0.2, 0) is 23.4 Å². The monoisotopic (exact) mass is 982 g/mol. The lowest BCUT2D eigenvalue weighted by atomic mass is 10.1. The van der Waals surface area contributed by atoms with Crippen LogP contribution in [0.3, 0.4) is 0 Å². The summed E-state index contributed by atoms with van der Waals surface area (Å²) in [5.74, 6) is 1.43. The van der Waals surface area contributed by atoms with E-state index in [2.05, 4.69) is 132 Å². The van der Waals surface area contributed by atoms with Gasteiger partial charge in [0, 0.05) is 21.8 Å². The van der Waals surface area contributed by atoms with Gasteiger partial charge in [-0.3, -0.25) is 4.18 Å². The van der Waals surface area contributed by atoms with Gasteiger partial charge in [0.25, 0.3) is 10.1 Å². The molecule has 0 atom stereocenters. The van der Waals surface area contributed by atoms with Crippen molar-refractivity contribution in [2.75, 3.05) is 38.9 Å². The Kier molecular flexibility index (Phi) is 18.8. The van der Waals surface area contributed by atoms with Crippen LogP contribution in [0, 0.1) is 13.8 Å². The highest BCUT2D eigenvalue weighted by molar-refractivity contribution is 8.13. The third-order valence-electron chi connectivity index (χ3n) is 9.11. The van der Waals surface area contributed by atoms with Crippen molar-refractivity contribution >= 4 is 97.3 Å². The lowest BCUT2D eigenvalue weighted by Gasteiger charge is -2.06. The fourth-order valence-electron chi connectivity index (χ4n) is 6.03. The average Bonchev–Trinajstić information content (AvgIpc) is 3.90. The fraction of sp³-hybridized carbons (Fsp3) is 0.176. The summed E-state index contributed by atoms with van der Waals surface area (Å²) in [6, 6.07) is 44.9. The Morgan fingerprint density at radius 2 is 0.894 bits per heavy atom. The third kappa shape index (κ3) is 16.9. The molecule has 0 amide bonds. The number of aliphatic hydroxyl groups excluding tert-OH is 1. The van der Waals surface area contributed by atoms with Crippen LogP contribution >= 0.6 is 33.4 Å². The Labute approximate surface area is 400 Å². The maximum atomic E-state index is 10.9. The van der Waals surface area contributed by atoms with Gasteiger partial charge in [-0.1, -0.05) is 117 Å². The van der Waals surface area contributed by atoms with Crippen LogP contribution in [0.2, 0.25) is 0 Å². The number of halogens is 1. The molecule has 0 radical (unpaired) electrons. The number of aromatic nitrogens is 2. The van der Waals surface area contributed by atoms with Crippen LogP contribution in [0.25, 0.3) is 65.9 Å². The molecule has 0 aliphatic rings. The van der Waals surface area contributed by atoms with E-state index in [0.717, 1.165) is 72.7 Å². The van der Waals surface area contributed by atoms with Crippen molar-refractivity contribution in [1.29, 1.82) is 0 Å². The smallest absolute Gasteiger partial charge is 0.264 e. The van der Waals surface area contributed by atoms with E-state index in [1.54, 1.807) is 22.7 Å². The number of aliphatic hydroxyl groups is 1. The maximum absolute atomic E-state index is 10.9.